The van der Waals surface area contributed by atoms with Crippen LogP contribution in [0.1, 0.15) is 58.6 Å². The van der Waals surface area contributed by atoms with E-state index in [1.54, 1.807) is 0 Å². The maximum absolute atomic E-state index is 13.4. The van der Waals surface area contributed by atoms with E-state index in [2.05, 4.69) is 48.1 Å². The highest BCUT2D eigenvalue weighted by molar-refractivity contribution is 7.15. The zero-order valence-electron chi connectivity index (χ0n) is 17.3. The number of nitrogens with zero attached hydrogens (tertiary/aromatic N) is 2. The second-order valence-electron chi connectivity index (χ2n) is 8.35. The second kappa shape index (κ2) is 7.06. The van der Waals surface area contributed by atoms with E-state index in [0.717, 1.165) is 17.7 Å². The number of thiophene rings is 1. The topological polar surface area (TPSA) is 37.3 Å². The van der Waals surface area contributed by atoms with Gasteiger partial charge in [0.15, 0.2) is 0 Å². The van der Waals surface area contributed by atoms with Gasteiger partial charge < -0.3 is 14.8 Å². The van der Waals surface area contributed by atoms with Crippen LogP contribution in [0.15, 0.2) is 36.5 Å². The molecule has 0 fully saturated rings. The summed E-state index contributed by atoms with van der Waals surface area (Å²) in [6.07, 6.45) is 6.99. The first-order valence-corrected chi connectivity index (χ1v) is 11.3. The Balaban J connectivity index is 1.54. The second-order valence-corrected chi connectivity index (χ2v) is 9.43. The van der Waals surface area contributed by atoms with Crippen molar-refractivity contribution in [3.8, 4) is 5.00 Å². The van der Waals surface area contributed by atoms with E-state index in [-0.39, 0.29) is 12.1 Å². The third-order valence-corrected chi connectivity index (χ3v) is 7.70. The molecular weight excluding hydrogens is 378 g/mol. The molecule has 5 heteroatoms. The average molecular weight is 406 g/mol. The highest BCUT2D eigenvalue weighted by atomic mass is 32.1. The van der Waals surface area contributed by atoms with E-state index in [1.807, 2.05) is 35.3 Å². The van der Waals surface area contributed by atoms with Crippen LogP contribution >= 0.6 is 11.3 Å². The third-order valence-electron chi connectivity index (χ3n) is 6.37. The summed E-state index contributed by atoms with van der Waals surface area (Å²) in [5.74, 6) is 0. The fraction of sp³-hybridized carbons (Fsp3) is 0.375. The van der Waals surface area contributed by atoms with Crippen molar-refractivity contribution in [3.63, 3.8) is 0 Å². The molecule has 2 aromatic heterocycles. The Morgan fingerprint density at radius 2 is 1.97 bits per heavy atom. The minimum atomic E-state index is -0.0270. The fourth-order valence-electron chi connectivity index (χ4n) is 4.75. The van der Waals surface area contributed by atoms with Crippen LogP contribution in [-0.2, 0) is 19.4 Å². The highest BCUT2D eigenvalue weighted by Crippen LogP contribution is 2.42. The van der Waals surface area contributed by atoms with Crippen LogP contribution < -0.4 is 5.32 Å². The van der Waals surface area contributed by atoms with Crippen LogP contribution in [0, 0.1) is 13.8 Å². The number of urea groups is 1. The largest absolute Gasteiger partial charge is 0.322 e. The highest BCUT2D eigenvalue weighted by Gasteiger charge is 2.33. The summed E-state index contributed by atoms with van der Waals surface area (Å²) in [5.41, 5.74) is 7.21. The Morgan fingerprint density at radius 3 is 2.79 bits per heavy atom. The monoisotopic (exact) mass is 405 g/mol. The Kier molecular flexibility index (Phi) is 4.50. The number of carbonyl (C=O) groups is 1. The smallest absolute Gasteiger partial charge is 0.312 e. The molecule has 0 saturated heterocycles. The lowest BCUT2D eigenvalue weighted by Crippen LogP contribution is -2.36. The number of amides is 2. The number of aromatic nitrogens is 1. The molecule has 150 valence electrons. The number of rotatable bonds is 1. The molecule has 0 spiro atoms. The zero-order chi connectivity index (χ0) is 20.1. The van der Waals surface area contributed by atoms with E-state index in [1.165, 1.54) is 51.5 Å². The van der Waals surface area contributed by atoms with Crippen molar-refractivity contribution in [2.24, 2.45) is 0 Å². The standard InChI is InChI=1S/C24H27N3OS/c1-15-10-11-20(16(2)13-15)25-24(28)27-14-19-18-7-4-5-9-22(18)29-23(19)26-12-6-8-21(26)17(27)3/h6,8,10-13,17H,4-5,7,9,14H2,1-3H3,(H,25,28)/t17-/m1/s1. The Hall–Kier alpha value is -2.53. The van der Waals surface area contributed by atoms with E-state index >= 15 is 0 Å². The van der Waals surface area contributed by atoms with Gasteiger partial charge in [-0.3, -0.25) is 0 Å². The Bertz CT molecular complexity index is 1090. The van der Waals surface area contributed by atoms with Crippen LogP contribution in [0.5, 0.6) is 0 Å². The zero-order valence-corrected chi connectivity index (χ0v) is 18.1. The van der Waals surface area contributed by atoms with E-state index in [4.69, 9.17) is 0 Å². The summed E-state index contributed by atoms with van der Waals surface area (Å²) in [5, 5.41) is 4.48. The lowest BCUT2D eigenvalue weighted by molar-refractivity contribution is 0.189. The molecule has 3 heterocycles. The fourth-order valence-corrected chi connectivity index (χ4v) is 6.15. The van der Waals surface area contributed by atoms with Crippen molar-refractivity contribution in [1.82, 2.24) is 9.47 Å². The number of fused-ring (bicyclic) bond motifs is 5. The summed E-state index contributed by atoms with van der Waals surface area (Å²) in [7, 11) is 0. The molecule has 1 aliphatic heterocycles. The van der Waals surface area contributed by atoms with E-state index < -0.39 is 0 Å². The summed E-state index contributed by atoms with van der Waals surface area (Å²) in [6.45, 7) is 6.93. The van der Waals surface area contributed by atoms with Gasteiger partial charge in [-0.2, -0.15) is 0 Å². The molecule has 5 rings (SSSR count). The van der Waals surface area contributed by atoms with Gasteiger partial charge >= 0.3 is 6.03 Å². The molecule has 29 heavy (non-hydrogen) atoms. The van der Waals surface area contributed by atoms with Crippen LogP contribution in [-0.4, -0.2) is 15.5 Å². The van der Waals surface area contributed by atoms with E-state index in [0.29, 0.717) is 6.54 Å². The molecule has 2 aliphatic rings. The van der Waals surface area contributed by atoms with Crippen molar-refractivity contribution in [3.05, 3.63) is 69.4 Å². The van der Waals surface area contributed by atoms with Gasteiger partial charge in [-0.05, 0) is 75.8 Å². The van der Waals surface area contributed by atoms with Gasteiger partial charge in [0.1, 0.15) is 5.00 Å². The molecule has 4 nitrogen and oxygen atoms in total. The molecule has 1 atom stereocenters. The minimum Gasteiger partial charge on any atom is -0.312 e. The first-order valence-electron chi connectivity index (χ1n) is 10.5. The Labute approximate surface area is 176 Å². The van der Waals surface area contributed by atoms with Gasteiger partial charge in [-0.1, -0.05) is 17.7 Å². The lowest BCUT2D eigenvalue weighted by Gasteiger charge is -2.28. The van der Waals surface area contributed by atoms with Crippen molar-refractivity contribution in [2.45, 2.75) is 59.0 Å². The molecule has 1 N–H and O–H groups in total. The molecule has 0 radical (unpaired) electrons. The predicted molar refractivity (Wildman–Crippen MR) is 119 cm³/mol. The normalized spacial score (nSPS) is 17.9. The van der Waals surface area contributed by atoms with Crippen LogP contribution in [0.2, 0.25) is 0 Å². The summed E-state index contributed by atoms with van der Waals surface area (Å²) < 4.78 is 2.31. The summed E-state index contributed by atoms with van der Waals surface area (Å²) in [4.78, 5) is 16.9. The van der Waals surface area contributed by atoms with Gasteiger partial charge in [0.25, 0.3) is 0 Å². The van der Waals surface area contributed by atoms with Crippen LogP contribution in [0.3, 0.4) is 0 Å². The molecule has 0 unspecified atom stereocenters. The number of benzene rings is 1. The molecule has 2 amide bonds. The van der Waals surface area contributed by atoms with Gasteiger partial charge in [0.2, 0.25) is 0 Å². The number of carbonyl (C=O) groups excluding carboxylic acids is 1. The van der Waals surface area contributed by atoms with Crippen molar-refractivity contribution in [2.75, 3.05) is 5.32 Å². The first-order chi connectivity index (χ1) is 14.0. The van der Waals surface area contributed by atoms with Gasteiger partial charge in [-0.25, -0.2) is 4.79 Å². The number of anilines is 1. The maximum atomic E-state index is 13.4. The number of aryl methyl sites for hydroxylation is 3. The van der Waals surface area contributed by atoms with Gasteiger partial charge in [0.05, 0.1) is 12.6 Å². The van der Waals surface area contributed by atoms with Crippen molar-refractivity contribution < 1.29 is 4.79 Å². The number of hydrogen-bond donors (Lipinski definition) is 1. The van der Waals surface area contributed by atoms with Crippen LogP contribution in [0.25, 0.3) is 5.00 Å². The van der Waals surface area contributed by atoms with Crippen molar-refractivity contribution in [1.29, 1.82) is 0 Å². The minimum absolute atomic E-state index is 0.00888. The molecule has 3 aromatic rings. The third kappa shape index (κ3) is 3.08. The van der Waals surface area contributed by atoms with Crippen LogP contribution in [0.4, 0.5) is 10.5 Å². The molecule has 1 aromatic carbocycles. The Morgan fingerprint density at radius 1 is 1.14 bits per heavy atom. The predicted octanol–water partition coefficient (Wildman–Crippen LogP) is 6.14. The average Bonchev–Trinajstić information content (AvgIpc) is 3.30. The van der Waals surface area contributed by atoms with Gasteiger partial charge in [0, 0.05) is 28.0 Å². The lowest BCUT2D eigenvalue weighted by atomic mass is 9.95. The quantitative estimate of drug-likeness (QED) is 0.518. The van der Waals surface area contributed by atoms with Crippen molar-refractivity contribution >= 4 is 23.1 Å². The number of nitrogens with one attached hydrogen (secondary N) is 1. The number of hydrogen-bond acceptors (Lipinski definition) is 2. The van der Waals surface area contributed by atoms with E-state index in [9.17, 15) is 4.79 Å². The molecule has 1 aliphatic carbocycles. The maximum Gasteiger partial charge on any atom is 0.322 e. The molecule has 0 saturated carbocycles. The molecular formula is C24H27N3OS. The van der Waals surface area contributed by atoms with Gasteiger partial charge in [-0.15, -0.1) is 11.3 Å². The SMILES string of the molecule is Cc1ccc(NC(=O)N2Cc3c(sc4c3CCCC4)-n3cccc3[C@H]2C)c(C)c1. The molecule has 0 bridgehead atoms. The summed E-state index contributed by atoms with van der Waals surface area (Å²) in [6, 6.07) is 10.4. The summed E-state index contributed by atoms with van der Waals surface area (Å²) >= 11 is 1.93. The first kappa shape index (κ1) is 18.5.